The molecule has 0 aromatic carbocycles. The van der Waals surface area contributed by atoms with E-state index in [9.17, 15) is 4.79 Å². The lowest BCUT2D eigenvalue weighted by molar-refractivity contribution is -0.121. The zero-order chi connectivity index (χ0) is 7.28. The normalized spacial score (nSPS) is 12.2. The molecule has 52 valence electrons. The molecule has 0 spiro atoms. The van der Waals surface area contributed by atoms with Crippen LogP contribution >= 0.6 is 0 Å². The maximum Gasteiger partial charge on any atom is 0.236 e. The summed E-state index contributed by atoms with van der Waals surface area (Å²) in [7, 11) is 1.56. The van der Waals surface area contributed by atoms with Crippen molar-refractivity contribution < 1.29 is 4.79 Å². The minimum Gasteiger partial charge on any atom is -0.358 e. The number of likely N-dealkylation sites (N-methyl/N-ethyl adjacent to an activating group) is 1. The molecule has 0 unspecified atom stereocenters. The lowest BCUT2D eigenvalue weighted by Gasteiger charge is -2.04. The third-order valence-corrected chi connectivity index (χ3v) is 1.00. The smallest absolute Gasteiger partial charge is 0.236 e. The Kier molecular flexibility index (Phi) is 3.71. The number of nitrogens with one attached hydrogen (secondary N) is 1. The quantitative estimate of drug-likeness (QED) is 0.510. The van der Waals surface area contributed by atoms with Gasteiger partial charge in [-0.25, -0.2) is 0 Å². The highest BCUT2D eigenvalue weighted by Gasteiger charge is 2.07. The fourth-order valence-electron chi connectivity index (χ4n) is 0.472. The fourth-order valence-corrected chi connectivity index (χ4v) is 0.472. The third-order valence-electron chi connectivity index (χ3n) is 1.00. The lowest BCUT2D eigenvalue weighted by Crippen LogP contribution is -2.38. The van der Waals surface area contributed by atoms with Gasteiger partial charge in [0.15, 0.2) is 0 Å². The highest BCUT2D eigenvalue weighted by molar-refractivity contribution is 5.81. The van der Waals surface area contributed by atoms with Crippen molar-refractivity contribution in [2.24, 2.45) is 5.73 Å². The zero-order valence-electron chi connectivity index (χ0n) is 5.55. The van der Waals surface area contributed by atoms with Crippen molar-refractivity contribution in [1.82, 2.24) is 5.32 Å². The molecule has 3 heteroatoms. The Morgan fingerprint density at radius 1 is 2.00 bits per heavy atom. The Labute approximate surface area is 54.9 Å². The van der Waals surface area contributed by atoms with Gasteiger partial charge in [0, 0.05) is 7.05 Å². The number of rotatable bonds is 3. The minimum atomic E-state index is -0.438. The van der Waals surface area contributed by atoms with Crippen LogP contribution in [0.25, 0.3) is 0 Å². The van der Waals surface area contributed by atoms with Gasteiger partial charge >= 0.3 is 0 Å². The Morgan fingerprint density at radius 3 is 2.89 bits per heavy atom. The molecule has 3 N–H and O–H groups in total. The molecule has 0 radical (unpaired) electrons. The van der Waals surface area contributed by atoms with E-state index in [2.05, 4.69) is 11.9 Å². The van der Waals surface area contributed by atoms with Crippen molar-refractivity contribution in [2.75, 3.05) is 7.05 Å². The van der Waals surface area contributed by atoms with Crippen LogP contribution in [-0.2, 0) is 4.79 Å². The molecule has 0 bridgehead atoms. The van der Waals surface area contributed by atoms with Gasteiger partial charge in [0.25, 0.3) is 0 Å². The molecule has 0 rings (SSSR count). The highest BCUT2D eigenvalue weighted by atomic mass is 16.2. The molecule has 0 aliphatic rings. The van der Waals surface area contributed by atoms with Crippen LogP contribution in [0.4, 0.5) is 0 Å². The second-order valence-corrected chi connectivity index (χ2v) is 1.75. The van der Waals surface area contributed by atoms with E-state index in [4.69, 9.17) is 5.73 Å². The summed E-state index contributed by atoms with van der Waals surface area (Å²) in [6.07, 6.45) is 2.15. The third kappa shape index (κ3) is 2.87. The monoisotopic (exact) mass is 128 g/mol. The van der Waals surface area contributed by atoms with E-state index in [-0.39, 0.29) is 5.91 Å². The molecule has 1 amide bonds. The molecule has 1 atom stereocenters. The fraction of sp³-hybridized carbons (Fsp3) is 0.500. The summed E-state index contributed by atoms with van der Waals surface area (Å²) in [5.41, 5.74) is 5.35. The van der Waals surface area contributed by atoms with Gasteiger partial charge in [-0.15, -0.1) is 6.58 Å². The number of amides is 1. The topological polar surface area (TPSA) is 55.1 Å². The van der Waals surface area contributed by atoms with Gasteiger partial charge in [-0.2, -0.15) is 0 Å². The molecule has 3 nitrogen and oxygen atoms in total. The van der Waals surface area contributed by atoms with Crippen molar-refractivity contribution in [1.29, 1.82) is 0 Å². The summed E-state index contributed by atoms with van der Waals surface area (Å²) in [6, 6.07) is -0.438. The first-order valence-electron chi connectivity index (χ1n) is 2.80. The molecule has 0 heterocycles. The van der Waals surface area contributed by atoms with Crippen LogP contribution in [0.5, 0.6) is 0 Å². The van der Waals surface area contributed by atoms with Crippen LogP contribution < -0.4 is 11.1 Å². The van der Waals surface area contributed by atoms with Crippen LogP contribution in [0.15, 0.2) is 12.7 Å². The largest absolute Gasteiger partial charge is 0.358 e. The van der Waals surface area contributed by atoms with Crippen molar-refractivity contribution in [2.45, 2.75) is 12.5 Å². The number of nitrogens with two attached hydrogens (primary N) is 1. The first-order valence-corrected chi connectivity index (χ1v) is 2.80. The summed E-state index contributed by atoms with van der Waals surface area (Å²) in [4.78, 5) is 10.6. The van der Waals surface area contributed by atoms with Crippen LogP contribution in [0.3, 0.4) is 0 Å². The maximum absolute atomic E-state index is 10.6. The van der Waals surface area contributed by atoms with Crippen LogP contribution in [0.2, 0.25) is 0 Å². The van der Waals surface area contributed by atoms with Crippen molar-refractivity contribution in [3.05, 3.63) is 12.7 Å². The second-order valence-electron chi connectivity index (χ2n) is 1.75. The predicted octanol–water partition coefficient (Wildman–Crippen LogP) is -0.364. The van der Waals surface area contributed by atoms with Crippen LogP contribution in [0.1, 0.15) is 6.42 Å². The van der Waals surface area contributed by atoms with Gasteiger partial charge in [-0.3, -0.25) is 4.79 Å². The molecule has 0 aromatic heterocycles. The van der Waals surface area contributed by atoms with E-state index >= 15 is 0 Å². The molecule has 0 saturated heterocycles. The molecule has 0 aliphatic heterocycles. The number of carbonyl (C=O) groups excluding carboxylic acids is 1. The SMILES string of the molecule is C=CC[C@H](N)C(=O)NC. The van der Waals surface area contributed by atoms with Gasteiger partial charge in [0.1, 0.15) is 0 Å². The molecule has 0 fully saturated rings. The molecule has 9 heavy (non-hydrogen) atoms. The van der Waals surface area contributed by atoms with Gasteiger partial charge in [-0.05, 0) is 6.42 Å². The summed E-state index contributed by atoms with van der Waals surface area (Å²) in [5, 5.41) is 2.44. The van der Waals surface area contributed by atoms with Crippen molar-refractivity contribution in [3.63, 3.8) is 0 Å². The van der Waals surface area contributed by atoms with Crippen LogP contribution in [-0.4, -0.2) is 19.0 Å². The van der Waals surface area contributed by atoms with Crippen LogP contribution in [0, 0.1) is 0 Å². The molecular formula is C6H12N2O. The average Bonchev–Trinajstić information content (AvgIpc) is 1.87. The highest BCUT2D eigenvalue weighted by Crippen LogP contribution is 1.86. The summed E-state index contributed by atoms with van der Waals surface area (Å²) >= 11 is 0. The molecule has 0 aromatic rings. The standard InChI is InChI=1S/C6H12N2O/c1-3-4-5(7)6(9)8-2/h3,5H,1,4,7H2,2H3,(H,8,9)/t5-/m0/s1. The summed E-state index contributed by atoms with van der Waals surface area (Å²) in [6.45, 7) is 3.46. The Hall–Kier alpha value is -0.830. The molecular weight excluding hydrogens is 116 g/mol. The van der Waals surface area contributed by atoms with E-state index < -0.39 is 6.04 Å². The minimum absolute atomic E-state index is 0.144. The van der Waals surface area contributed by atoms with E-state index in [0.717, 1.165) is 0 Å². The Balaban J connectivity index is 3.58. The second kappa shape index (κ2) is 4.09. The maximum atomic E-state index is 10.6. The summed E-state index contributed by atoms with van der Waals surface area (Å²) in [5.74, 6) is -0.144. The van der Waals surface area contributed by atoms with E-state index in [1.165, 1.54) is 0 Å². The number of carbonyl (C=O) groups is 1. The van der Waals surface area contributed by atoms with E-state index in [1.807, 2.05) is 0 Å². The van der Waals surface area contributed by atoms with Gasteiger partial charge < -0.3 is 11.1 Å². The predicted molar refractivity (Wildman–Crippen MR) is 36.9 cm³/mol. The zero-order valence-corrected chi connectivity index (χ0v) is 5.55. The Bertz CT molecular complexity index is 112. The van der Waals surface area contributed by atoms with Gasteiger partial charge in [0.05, 0.1) is 6.04 Å². The first kappa shape index (κ1) is 8.17. The molecule has 0 aliphatic carbocycles. The van der Waals surface area contributed by atoms with E-state index in [0.29, 0.717) is 6.42 Å². The lowest BCUT2D eigenvalue weighted by atomic mass is 10.2. The summed E-state index contributed by atoms with van der Waals surface area (Å²) < 4.78 is 0. The van der Waals surface area contributed by atoms with Crippen molar-refractivity contribution >= 4 is 5.91 Å². The molecule has 0 saturated carbocycles. The van der Waals surface area contributed by atoms with E-state index in [1.54, 1.807) is 13.1 Å². The number of hydrogen-bond acceptors (Lipinski definition) is 2. The van der Waals surface area contributed by atoms with Crippen molar-refractivity contribution in [3.8, 4) is 0 Å². The first-order chi connectivity index (χ1) is 4.22. The van der Waals surface area contributed by atoms with Gasteiger partial charge in [-0.1, -0.05) is 6.08 Å². The number of hydrogen-bond donors (Lipinski definition) is 2. The van der Waals surface area contributed by atoms with Gasteiger partial charge in [0.2, 0.25) is 5.91 Å². The Morgan fingerprint density at radius 2 is 2.56 bits per heavy atom. The average molecular weight is 128 g/mol.